The molecular formula is C21H19FN4O4. The topological polar surface area (TPSA) is 102 Å². The normalized spacial score (nSPS) is 10.5. The lowest BCUT2D eigenvalue weighted by atomic mass is 10.2. The maximum absolute atomic E-state index is 14.2. The highest BCUT2D eigenvalue weighted by atomic mass is 19.1. The van der Waals surface area contributed by atoms with Gasteiger partial charge in [-0.3, -0.25) is 14.4 Å². The lowest BCUT2D eigenvalue weighted by Crippen LogP contribution is -2.27. The first-order valence-electron chi connectivity index (χ1n) is 8.95. The van der Waals surface area contributed by atoms with E-state index in [9.17, 15) is 18.8 Å². The van der Waals surface area contributed by atoms with Crippen LogP contribution in [0, 0.1) is 12.7 Å². The molecule has 1 heterocycles. The molecule has 0 aliphatic heterocycles. The van der Waals surface area contributed by atoms with E-state index in [0.29, 0.717) is 17.1 Å². The summed E-state index contributed by atoms with van der Waals surface area (Å²) in [5, 5.41) is 9.24. The third kappa shape index (κ3) is 4.76. The Labute approximate surface area is 171 Å². The maximum Gasteiger partial charge on any atom is 0.280 e. The Morgan fingerprint density at radius 3 is 2.47 bits per heavy atom. The fraction of sp³-hybridized carbons (Fsp3) is 0.143. The zero-order valence-electron chi connectivity index (χ0n) is 16.3. The number of nitrogens with zero attached hydrogens (tertiary/aromatic N) is 2. The quantitative estimate of drug-likeness (QED) is 0.650. The largest absolute Gasteiger partial charge is 0.375 e. The number of para-hydroxylation sites is 1. The van der Waals surface area contributed by atoms with E-state index in [1.165, 1.54) is 42.1 Å². The number of nitrogens with one attached hydrogen (secondary N) is 2. The summed E-state index contributed by atoms with van der Waals surface area (Å²) in [4.78, 5) is 36.6. The van der Waals surface area contributed by atoms with E-state index in [1.807, 2.05) is 0 Å². The van der Waals surface area contributed by atoms with Gasteiger partial charge in [-0.1, -0.05) is 18.2 Å². The molecule has 154 valence electrons. The second-order valence-electron chi connectivity index (χ2n) is 6.38. The number of rotatable bonds is 6. The standard InChI is InChI=1S/C21H19FN4O4/c1-13-10-18(27)20(25-26(13)17-9-4-3-8-16(17)22)21(29)24-15-7-5-6-14(11-15)23-19(28)12-30-2/h3-11H,12H2,1-2H3,(H,23,28)(H,24,29). The predicted octanol–water partition coefficient (Wildman–Crippen LogP) is 2.52. The molecule has 0 atom stereocenters. The number of anilines is 2. The van der Waals surface area contributed by atoms with Crippen LogP contribution in [0.25, 0.3) is 5.69 Å². The van der Waals surface area contributed by atoms with Crippen molar-refractivity contribution in [2.24, 2.45) is 0 Å². The van der Waals surface area contributed by atoms with Gasteiger partial charge < -0.3 is 15.4 Å². The van der Waals surface area contributed by atoms with Crippen molar-refractivity contribution in [3.8, 4) is 5.69 Å². The molecule has 0 bridgehead atoms. The van der Waals surface area contributed by atoms with Crippen LogP contribution < -0.4 is 16.1 Å². The highest BCUT2D eigenvalue weighted by molar-refractivity contribution is 6.03. The van der Waals surface area contributed by atoms with Gasteiger partial charge in [-0.2, -0.15) is 5.10 Å². The Morgan fingerprint density at radius 2 is 1.77 bits per heavy atom. The Hall–Kier alpha value is -3.85. The highest BCUT2D eigenvalue weighted by Gasteiger charge is 2.17. The van der Waals surface area contributed by atoms with Crippen LogP contribution in [0.15, 0.2) is 59.4 Å². The van der Waals surface area contributed by atoms with Crippen LogP contribution >= 0.6 is 0 Å². The predicted molar refractivity (Wildman–Crippen MR) is 109 cm³/mol. The Kier molecular flexibility index (Phi) is 6.33. The van der Waals surface area contributed by atoms with E-state index in [4.69, 9.17) is 4.74 Å². The van der Waals surface area contributed by atoms with E-state index >= 15 is 0 Å². The number of ether oxygens (including phenoxy) is 1. The number of aryl methyl sites for hydroxylation is 1. The molecule has 2 amide bonds. The molecule has 0 unspecified atom stereocenters. The number of hydrogen-bond acceptors (Lipinski definition) is 5. The molecule has 1 aromatic heterocycles. The first kappa shape index (κ1) is 20.9. The van der Waals surface area contributed by atoms with Gasteiger partial charge in [-0.15, -0.1) is 0 Å². The van der Waals surface area contributed by atoms with Crippen LogP contribution in [0.4, 0.5) is 15.8 Å². The Morgan fingerprint density at radius 1 is 1.07 bits per heavy atom. The molecule has 2 aromatic carbocycles. The zero-order chi connectivity index (χ0) is 21.7. The number of hydrogen-bond donors (Lipinski definition) is 2. The minimum Gasteiger partial charge on any atom is -0.375 e. The van der Waals surface area contributed by atoms with E-state index < -0.39 is 22.8 Å². The fourth-order valence-corrected chi connectivity index (χ4v) is 2.77. The summed E-state index contributed by atoms with van der Waals surface area (Å²) in [5.74, 6) is -1.65. The van der Waals surface area contributed by atoms with Crippen molar-refractivity contribution >= 4 is 23.2 Å². The van der Waals surface area contributed by atoms with Crippen LogP contribution in [-0.2, 0) is 9.53 Å². The average molecular weight is 410 g/mol. The molecule has 3 rings (SSSR count). The SMILES string of the molecule is COCC(=O)Nc1cccc(NC(=O)c2nn(-c3ccccc3F)c(C)cc2=O)c1. The number of carbonyl (C=O) groups excluding carboxylic acids is 2. The zero-order valence-corrected chi connectivity index (χ0v) is 16.3. The number of aromatic nitrogens is 2. The van der Waals surface area contributed by atoms with Crippen molar-refractivity contribution in [3.05, 3.63) is 82.0 Å². The molecule has 0 radical (unpaired) electrons. The summed E-state index contributed by atoms with van der Waals surface area (Å²) >= 11 is 0. The van der Waals surface area contributed by atoms with Gasteiger partial charge in [0.2, 0.25) is 11.3 Å². The van der Waals surface area contributed by atoms with Crippen LogP contribution in [0.5, 0.6) is 0 Å². The molecule has 8 nitrogen and oxygen atoms in total. The van der Waals surface area contributed by atoms with E-state index in [0.717, 1.165) is 0 Å². The third-order valence-electron chi connectivity index (χ3n) is 4.08. The molecule has 0 fully saturated rings. The Bertz CT molecular complexity index is 1160. The van der Waals surface area contributed by atoms with Gasteiger partial charge in [0.25, 0.3) is 5.91 Å². The molecule has 0 saturated heterocycles. The summed E-state index contributed by atoms with van der Waals surface area (Å²) in [7, 11) is 1.40. The molecule has 2 N–H and O–H groups in total. The van der Waals surface area contributed by atoms with Gasteiger partial charge in [0.15, 0.2) is 5.69 Å². The number of halogens is 1. The maximum atomic E-state index is 14.2. The van der Waals surface area contributed by atoms with Crippen molar-refractivity contribution in [1.29, 1.82) is 0 Å². The van der Waals surface area contributed by atoms with Crippen LogP contribution in [0.2, 0.25) is 0 Å². The monoisotopic (exact) mass is 410 g/mol. The molecule has 0 saturated carbocycles. The van der Waals surface area contributed by atoms with E-state index in [1.54, 1.807) is 31.2 Å². The fourth-order valence-electron chi connectivity index (χ4n) is 2.77. The minimum absolute atomic E-state index is 0.112. The van der Waals surface area contributed by atoms with Gasteiger partial charge in [-0.05, 0) is 37.3 Å². The molecule has 0 aliphatic rings. The van der Waals surface area contributed by atoms with Crippen LogP contribution in [-0.4, -0.2) is 35.3 Å². The van der Waals surface area contributed by atoms with Crippen LogP contribution in [0.1, 0.15) is 16.2 Å². The Balaban J connectivity index is 1.88. The second kappa shape index (κ2) is 9.10. The summed E-state index contributed by atoms with van der Waals surface area (Å²) in [6.45, 7) is 1.48. The summed E-state index contributed by atoms with van der Waals surface area (Å²) in [6.07, 6.45) is 0. The van der Waals surface area contributed by atoms with Crippen molar-refractivity contribution in [2.45, 2.75) is 6.92 Å². The van der Waals surface area contributed by atoms with Gasteiger partial charge in [0.1, 0.15) is 18.1 Å². The minimum atomic E-state index is -0.759. The summed E-state index contributed by atoms with van der Waals surface area (Å²) in [5.41, 5.74) is 0.293. The van der Waals surface area contributed by atoms with E-state index in [-0.39, 0.29) is 18.2 Å². The first-order chi connectivity index (χ1) is 14.4. The van der Waals surface area contributed by atoms with Gasteiger partial charge in [0.05, 0.1) is 0 Å². The van der Waals surface area contributed by atoms with Gasteiger partial charge >= 0.3 is 0 Å². The van der Waals surface area contributed by atoms with Gasteiger partial charge in [-0.25, -0.2) is 9.07 Å². The van der Waals surface area contributed by atoms with Crippen LogP contribution in [0.3, 0.4) is 0 Å². The highest BCUT2D eigenvalue weighted by Crippen LogP contribution is 2.16. The molecule has 0 aliphatic carbocycles. The van der Waals surface area contributed by atoms with E-state index in [2.05, 4.69) is 15.7 Å². The molecule has 9 heteroatoms. The van der Waals surface area contributed by atoms with Crippen molar-refractivity contribution in [2.75, 3.05) is 24.4 Å². The van der Waals surface area contributed by atoms with Crippen molar-refractivity contribution in [3.63, 3.8) is 0 Å². The second-order valence-corrected chi connectivity index (χ2v) is 6.38. The molecule has 0 spiro atoms. The average Bonchev–Trinajstić information content (AvgIpc) is 2.69. The first-order valence-corrected chi connectivity index (χ1v) is 8.95. The van der Waals surface area contributed by atoms with Gasteiger partial charge in [0, 0.05) is 30.2 Å². The summed E-state index contributed by atoms with van der Waals surface area (Å²) in [6, 6.07) is 13.5. The lowest BCUT2D eigenvalue weighted by Gasteiger charge is -2.12. The summed E-state index contributed by atoms with van der Waals surface area (Å²) < 4.78 is 20.1. The molecular weight excluding hydrogens is 391 g/mol. The number of benzene rings is 2. The lowest BCUT2D eigenvalue weighted by molar-refractivity contribution is -0.119. The molecule has 3 aromatic rings. The third-order valence-corrected chi connectivity index (χ3v) is 4.08. The number of methoxy groups -OCH3 is 1. The smallest absolute Gasteiger partial charge is 0.280 e. The number of carbonyl (C=O) groups is 2. The molecule has 30 heavy (non-hydrogen) atoms. The van der Waals surface area contributed by atoms with Crippen molar-refractivity contribution in [1.82, 2.24) is 9.78 Å². The number of amides is 2. The van der Waals surface area contributed by atoms with Crippen molar-refractivity contribution < 1.29 is 18.7 Å².